The molecule has 1 aliphatic heterocycles. The number of likely N-dealkylation sites (tertiary alicyclic amines) is 1. The Morgan fingerprint density at radius 3 is 2.65 bits per heavy atom. The van der Waals surface area contributed by atoms with E-state index in [9.17, 15) is 13.6 Å². The third-order valence-electron chi connectivity index (χ3n) is 5.77. The van der Waals surface area contributed by atoms with E-state index in [0.717, 1.165) is 23.6 Å². The summed E-state index contributed by atoms with van der Waals surface area (Å²) in [6.07, 6.45) is 4.16. The lowest BCUT2D eigenvalue weighted by atomic mass is 9.84. The van der Waals surface area contributed by atoms with Gasteiger partial charge in [-0.1, -0.05) is 42.5 Å². The Morgan fingerprint density at radius 1 is 1.06 bits per heavy atom. The third kappa shape index (κ3) is 5.52. The second-order valence-electron chi connectivity index (χ2n) is 8.05. The van der Waals surface area contributed by atoms with E-state index in [-0.39, 0.29) is 17.7 Å². The maximum atomic E-state index is 14.2. The number of hydrogen-bond acceptors (Lipinski definition) is 3. The fourth-order valence-electron chi connectivity index (χ4n) is 4.20. The van der Waals surface area contributed by atoms with Crippen LogP contribution in [0.1, 0.15) is 29.0 Å². The molecular formula is C25H25F2N3O. The SMILES string of the molecule is O=C(NCc1cccnc1)C1CC(c2ccccc2)CN(Cc2ccc(F)cc2F)C1. The normalized spacial score (nSPS) is 19.2. The van der Waals surface area contributed by atoms with Gasteiger partial charge in [0.15, 0.2) is 0 Å². The Labute approximate surface area is 180 Å². The molecule has 160 valence electrons. The molecule has 1 saturated heterocycles. The van der Waals surface area contributed by atoms with Crippen molar-refractivity contribution in [3.63, 3.8) is 0 Å². The maximum absolute atomic E-state index is 14.2. The molecule has 4 rings (SSSR count). The summed E-state index contributed by atoms with van der Waals surface area (Å²) in [5.41, 5.74) is 2.54. The maximum Gasteiger partial charge on any atom is 0.224 e. The number of benzene rings is 2. The minimum absolute atomic E-state index is 0.0194. The summed E-state index contributed by atoms with van der Waals surface area (Å²) in [6.45, 7) is 2.00. The van der Waals surface area contributed by atoms with Gasteiger partial charge >= 0.3 is 0 Å². The highest BCUT2D eigenvalue weighted by atomic mass is 19.1. The van der Waals surface area contributed by atoms with Gasteiger partial charge in [-0.2, -0.15) is 0 Å². The van der Waals surface area contributed by atoms with Crippen LogP contribution in [0.25, 0.3) is 0 Å². The highest BCUT2D eigenvalue weighted by Crippen LogP contribution is 2.31. The van der Waals surface area contributed by atoms with Gasteiger partial charge in [0, 0.05) is 50.2 Å². The average molecular weight is 421 g/mol. The lowest BCUT2D eigenvalue weighted by molar-refractivity contribution is -0.127. The number of carbonyl (C=O) groups excluding carboxylic acids is 1. The molecule has 2 unspecified atom stereocenters. The van der Waals surface area contributed by atoms with Crippen molar-refractivity contribution >= 4 is 5.91 Å². The molecule has 1 N–H and O–H groups in total. The summed E-state index contributed by atoms with van der Waals surface area (Å²) in [5.74, 6) is -1.23. The molecule has 0 bridgehead atoms. The zero-order valence-electron chi connectivity index (χ0n) is 17.2. The molecule has 1 amide bonds. The number of nitrogens with zero attached hydrogens (tertiary/aromatic N) is 2. The van der Waals surface area contributed by atoms with Crippen LogP contribution < -0.4 is 5.32 Å². The number of hydrogen-bond donors (Lipinski definition) is 1. The van der Waals surface area contributed by atoms with Crippen molar-refractivity contribution in [3.8, 4) is 0 Å². The van der Waals surface area contributed by atoms with Crippen LogP contribution in [-0.4, -0.2) is 28.9 Å². The summed E-state index contributed by atoms with van der Waals surface area (Å²) in [6, 6.07) is 17.5. The van der Waals surface area contributed by atoms with Crippen molar-refractivity contribution in [1.29, 1.82) is 0 Å². The molecule has 2 atom stereocenters. The number of piperidine rings is 1. The lowest BCUT2D eigenvalue weighted by Gasteiger charge is -2.37. The summed E-state index contributed by atoms with van der Waals surface area (Å²) >= 11 is 0. The zero-order chi connectivity index (χ0) is 21.6. The van der Waals surface area contributed by atoms with Crippen molar-refractivity contribution in [2.45, 2.75) is 25.4 Å². The van der Waals surface area contributed by atoms with E-state index < -0.39 is 11.6 Å². The third-order valence-corrected chi connectivity index (χ3v) is 5.77. The molecule has 1 aromatic heterocycles. The van der Waals surface area contributed by atoms with Gasteiger partial charge in [0.05, 0.1) is 5.92 Å². The van der Waals surface area contributed by atoms with E-state index >= 15 is 0 Å². The molecule has 31 heavy (non-hydrogen) atoms. The zero-order valence-corrected chi connectivity index (χ0v) is 17.2. The van der Waals surface area contributed by atoms with E-state index in [4.69, 9.17) is 0 Å². The van der Waals surface area contributed by atoms with Gasteiger partial charge in [0.25, 0.3) is 0 Å². The molecule has 2 heterocycles. The van der Waals surface area contributed by atoms with Crippen LogP contribution >= 0.6 is 0 Å². The van der Waals surface area contributed by atoms with Gasteiger partial charge in [-0.05, 0) is 35.6 Å². The van der Waals surface area contributed by atoms with Gasteiger partial charge in [-0.3, -0.25) is 14.7 Å². The Hall–Kier alpha value is -3.12. The van der Waals surface area contributed by atoms with Crippen LogP contribution in [0.4, 0.5) is 8.78 Å². The second kappa shape index (κ2) is 9.79. The van der Waals surface area contributed by atoms with Gasteiger partial charge in [0.1, 0.15) is 11.6 Å². The standard InChI is InChI=1S/C25H25F2N3O/c26-23-9-8-20(24(27)12-23)15-30-16-21(19-6-2-1-3-7-19)11-22(17-30)25(31)29-14-18-5-4-10-28-13-18/h1-10,12-13,21-22H,11,14-17H2,(H,29,31). The summed E-state index contributed by atoms with van der Waals surface area (Å²) in [7, 11) is 0. The highest BCUT2D eigenvalue weighted by Gasteiger charge is 2.32. The number of pyridine rings is 1. The molecule has 0 aliphatic carbocycles. The molecule has 6 heteroatoms. The smallest absolute Gasteiger partial charge is 0.224 e. The van der Waals surface area contributed by atoms with Crippen molar-refractivity contribution in [3.05, 3.63) is 101 Å². The van der Waals surface area contributed by atoms with Crippen molar-refractivity contribution in [2.75, 3.05) is 13.1 Å². The lowest BCUT2D eigenvalue weighted by Crippen LogP contribution is -2.45. The fourth-order valence-corrected chi connectivity index (χ4v) is 4.20. The Morgan fingerprint density at radius 2 is 1.90 bits per heavy atom. The number of halogens is 2. The van der Waals surface area contributed by atoms with Gasteiger partial charge < -0.3 is 5.32 Å². The molecule has 3 aromatic rings. The first-order valence-electron chi connectivity index (χ1n) is 10.5. The average Bonchev–Trinajstić information content (AvgIpc) is 2.80. The van der Waals surface area contributed by atoms with E-state index in [1.165, 1.54) is 12.1 Å². The Kier molecular flexibility index (Phi) is 6.67. The predicted molar refractivity (Wildman–Crippen MR) is 115 cm³/mol. The first-order valence-corrected chi connectivity index (χ1v) is 10.5. The number of rotatable bonds is 6. The van der Waals surface area contributed by atoms with Crippen LogP contribution in [0.2, 0.25) is 0 Å². The Balaban J connectivity index is 1.49. The number of carbonyl (C=O) groups is 1. The van der Waals surface area contributed by atoms with E-state index in [2.05, 4.69) is 27.3 Å². The van der Waals surface area contributed by atoms with E-state index in [1.54, 1.807) is 12.4 Å². The summed E-state index contributed by atoms with van der Waals surface area (Å²) in [4.78, 5) is 19.1. The van der Waals surface area contributed by atoms with Gasteiger partial charge in [0.2, 0.25) is 5.91 Å². The van der Waals surface area contributed by atoms with Crippen LogP contribution in [0.15, 0.2) is 73.1 Å². The van der Waals surface area contributed by atoms with Crippen molar-refractivity contribution < 1.29 is 13.6 Å². The number of amides is 1. The highest BCUT2D eigenvalue weighted by molar-refractivity contribution is 5.79. The molecule has 1 aliphatic rings. The molecule has 4 nitrogen and oxygen atoms in total. The first kappa shape index (κ1) is 21.1. The molecule has 1 fully saturated rings. The van der Waals surface area contributed by atoms with Crippen LogP contribution in [0.3, 0.4) is 0 Å². The van der Waals surface area contributed by atoms with E-state index in [0.29, 0.717) is 31.7 Å². The molecule has 0 saturated carbocycles. The predicted octanol–water partition coefficient (Wildman–Crippen LogP) is 4.28. The minimum atomic E-state index is -0.588. The van der Waals surface area contributed by atoms with Crippen LogP contribution in [-0.2, 0) is 17.9 Å². The summed E-state index contributed by atoms with van der Waals surface area (Å²) in [5, 5.41) is 3.01. The van der Waals surface area contributed by atoms with Crippen LogP contribution in [0.5, 0.6) is 0 Å². The van der Waals surface area contributed by atoms with Gasteiger partial charge in [-0.15, -0.1) is 0 Å². The second-order valence-corrected chi connectivity index (χ2v) is 8.05. The largest absolute Gasteiger partial charge is 0.352 e. The number of aromatic nitrogens is 1. The molecule has 0 spiro atoms. The van der Waals surface area contributed by atoms with E-state index in [1.807, 2.05) is 30.3 Å². The first-order chi connectivity index (χ1) is 15.1. The van der Waals surface area contributed by atoms with Crippen molar-refractivity contribution in [2.24, 2.45) is 5.92 Å². The fraction of sp³-hybridized carbons (Fsp3) is 0.280. The monoisotopic (exact) mass is 421 g/mol. The molecule has 2 aromatic carbocycles. The van der Waals surface area contributed by atoms with Crippen molar-refractivity contribution in [1.82, 2.24) is 15.2 Å². The minimum Gasteiger partial charge on any atom is -0.352 e. The Bertz CT molecular complexity index is 1010. The molecule has 0 radical (unpaired) electrons. The quantitative estimate of drug-likeness (QED) is 0.646. The van der Waals surface area contributed by atoms with Gasteiger partial charge in [-0.25, -0.2) is 8.78 Å². The number of nitrogens with one attached hydrogen (secondary N) is 1. The molecular weight excluding hydrogens is 396 g/mol. The summed E-state index contributed by atoms with van der Waals surface area (Å²) < 4.78 is 27.5. The van der Waals surface area contributed by atoms with Crippen LogP contribution in [0, 0.1) is 17.6 Å². The topological polar surface area (TPSA) is 45.2 Å².